The zero-order valence-corrected chi connectivity index (χ0v) is 13.2. The van der Waals surface area contributed by atoms with E-state index in [4.69, 9.17) is 16.3 Å². The van der Waals surface area contributed by atoms with Crippen LogP contribution in [0.15, 0.2) is 0 Å². The molecule has 0 bridgehead atoms. The lowest BCUT2D eigenvalue weighted by Gasteiger charge is -2.26. The topological polar surface area (TPSA) is 21.3 Å². The zero-order valence-electron chi connectivity index (χ0n) is 12.4. The van der Waals surface area contributed by atoms with Crippen molar-refractivity contribution in [2.75, 3.05) is 20.2 Å². The molecule has 1 N–H and O–H groups in total. The van der Waals surface area contributed by atoms with Crippen LogP contribution in [-0.2, 0) is 6.42 Å². The Kier molecular flexibility index (Phi) is 4.75. The molecule has 1 saturated heterocycles. The molecule has 1 heterocycles. The maximum absolute atomic E-state index is 6.47. The molecule has 3 heteroatoms. The molecule has 1 fully saturated rings. The highest BCUT2D eigenvalue weighted by atomic mass is 35.5. The molecule has 0 aliphatic carbocycles. The van der Waals surface area contributed by atoms with Crippen LogP contribution in [0.5, 0.6) is 5.75 Å². The van der Waals surface area contributed by atoms with Crippen molar-refractivity contribution < 1.29 is 4.74 Å². The Balaban J connectivity index is 2.37. The first kappa shape index (κ1) is 14.7. The van der Waals surface area contributed by atoms with Gasteiger partial charge in [-0.1, -0.05) is 11.6 Å². The summed E-state index contributed by atoms with van der Waals surface area (Å²) in [5, 5.41) is 4.32. The Morgan fingerprint density at radius 2 is 1.74 bits per heavy atom. The van der Waals surface area contributed by atoms with Crippen LogP contribution < -0.4 is 10.1 Å². The predicted octanol–water partition coefficient (Wildman–Crippen LogP) is 3.82. The van der Waals surface area contributed by atoms with Gasteiger partial charge in [-0.25, -0.2) is 0 Å². The van der Waals surface area contributed by atoms with Crippen LogP contribution in [0.3, 0.4) is 0 Å². The molecule has 2 nitrogen and oxygen atoms in total. The van der Waals surface area contributed by atoms with E-state index in [2.05, 4.69) is 26.1 Å². The molecule has 2 rings (SSSR count). The summed E-state index contributed by atoms with van der Waals surface area (Å²) in [4.78, 5) is 0. The smallest absolute Gasteiger partial charge is 0.125 e. The predicted molar refractivity (Wildman–Crippen MR) is 81.5 cm³/mol. The number of halogens is 1. The molecular weight excluding hydrogens is 258 g/mol. The fourth-order valence-electron chi connectivity index (χ4n) is 3.04. The van der Waals surface area contributed by atoms with Gasteiger partial charge in [-0.3, -0.25) is 0 Å². The summed E-state index contributed by atoms with van der Waals surface area (Å²) >= 11 is 6.47. The van der Waals surface area contributed by atoms with E-state index in [-0.39, 0.29) is 0 Å². The van der Waals surface area contributed by atoms with Gasteiger partial charge in [0, 0.05) is 5.02 Å². The van der Waals surface area contributed by atoms with Crippen molar-refractivity contribution in [3.63, 3.8) is 0 Å². The number of methoxy groups -OCH3 is 1. The van der Waals surface area contributed by atoms with Crippen LogP contribution in [0.4, 0.5) is 0 Å². The first-order chi connectivity index (χ1) is 9.06. The minimum absolute atomic E-state index is 0.743. The van der Waals surface area contributed by atoms with Gasteiger partial charge in [-0.15, -0.1) is 0 Å². The van der Waals surface area contributed by atoms with Crippen molar-refractivity contribution in [2.45, 2.75) is 40.0 Å². The monoisotopic (exact) mass is 281 g/mol. The van der Waals surface area contributed by atoms with Crippen molar-refractivity contribution in [1.29, 1.82) is 0 Å². The summed E-state index contributed by atoms with van der Waals surface area (Å²) < 4.78 is 5.66. The van der Waals surface area contributed by atoms with Gasteiger partial charge in [0.15, 0.2) is 0 Å². The third-order valence-corrected chi connectivity index (χ3v) is 5.01. The molecule has 106 valence electrons. The van der Waals surface area contributed by atoms with Crippen LogP contribution >= 0.6 is 11.6 Å². The second-order valence-corrected chi connectivity index (χ2v) is 5.98. The van der Waals surface area contributed by atoms with E-state index in [9.17, 15) is 0 Å². The molecule has 0 radical (unpaired) electrons. The van der Waals surface area contributed by atoms with E-state index in [0.717, 1.165) is 41.8 Å². The second-order valence-electron chi connectivity index (χ2n) is 5.60. The lowest BCUT2D eigenvalue weighted by molar-refractivity contribution is 0.359. The van der Waals surface area contributed by atoms with Crippen LogP contribution in [0, 0.1) is 26.7 Å². The number of hydrogen-bond donors (Lipinski definition) is 1. The first-order valence-corrected chi connectivity index (χ1v) is 7.46. The van der Waals surface area contributed by atoms with Crippen molar-refractivity contribution in [3.05, 3.63) is 27.3 Å². The number of nitrogens with one attached hydrogen (secondary N) is 1. The molecule has 1 aliphatic heterocycles. The summed E-state index contributed by atoms with van der Waals surface area (Å²) in [6.45, 7) is 8.55. The Morgan fingerprint density at radius 1 is 1.11 bits per heavy atom. The van der Waals surface area contributed by atoms with Gasteiger partial charge < -0.3 is 10.1 Å². The van der Waals surface area contributed by atoms with E-state index >= 15 is 0 Å². The average molecular weight is 282 g/mol. The van der Waals surface area contributed by atoms with Gasteiger partial charge in [-0.05, 0) is 81.3 Å². The molecule has 1 aliphatic rings. The van der Waals surface area contributed by atoms with Gasteiger partial charge in [0.2, 0.25) is 0 Å². The third kappa shape index (κ3) is 2.90. The second kappa shape index (κ2) is 6.15. The molecular formula is C16H24ClNO. The molecule has 0 aromatic heterocycles. The maximum atomic E-state index is 6.47. The van der Waals surface area contributed by atoms with Crippen molar-refractivity contribution in [1.82, 2.24) is 5.32 Å². The Bertz CT molecular complexity index is 465. The van der Waals surface area contributed by atoms with E-state index in [1.54, 1.807) is 7.11 Å². The lowest BCUT2D eigenvalue weighted by Crippen LogP contribution is -2.29. The van der Waals surface area contributed by atoms with Crippen molar-refractivity contribution in [2.24, 2.45) is 5.92 Å². The van der Waals surface area contributed by atoms with E-state index in [0.29, 0.717) is 0 Å². The number of rotatable bonds is 3. The Morgan fingerprint density at radius 3 is 2.32 bits per heavy atom. The maximum Gasteiger partial charge on any atom is 0.125 e. The summed E-state index contributed by atoms with van der Waals surface area (Å²) in [7, 11) is 1.76. The summed E-state index contributed by atoms with van der Waals surface area (Å²) in [5.74, 6) is 1.78. The first-order valence-electron chi connectivity index (χ1n) is 7.09. The molecule has 0 atom stereocenters. The van der Waals surface area contributed by atoms with Crippen molar-refractivity contribution in [3.8, 4) is 5.75 Å². The summed E-state index contributed by atoms with van der Waals surface area (Å²) in [6, 6.07) is 0. The zero-order chi connectivity index (χ0) is 14.0. The highest BCUT2D eigenvalue weighted by Gasteiger charge is 2.21. The number of hydrogen-bond acceptors (Lipinski definition) is 2. The fourth-order valence-corrected chi connectivity index (χ4v) is 3.30. The Labute approximate surface area is 121 Å². The molecule has 0 spiro atoms. The van der Waals surface area contributed by atoms with E-state index in [1.807, 2.05) is 0 Å². The quantitative estimate of drug-likeness (QED) is 0.909. The van der Waals surface area contributed by atoms with Crippen LogP contribution in [0.2, 0.25) is 5.02 Å². The van der Waals surface area contributed by atoms with Crippen LogP contribution in [0.1, 0.15) is 35.1 Å². The largest absolute Gasteiger partial charge is 0.496 e. The van der Waals surface area contributed by atoms with Crippen molar-refractivity contribution >= 4 is 11.6 Å². The third-order valence-electron chi connectivity index (χ3n) is 4.44. The molecule has 1 aromatic rings. The van der Waals surface area contributed by atoms with Gasteiger partial charge in [0.1, 0.15) is 5.75 Å². The van der Waals surface area contributed by atoms with Crippen LogP contribution in [-0.4, -0.2) is 20.2 Å². The standard InChI is InChI=1S/C16H24ClNO/c1-10-11(2)16(19-4)14(12(3)15(10)17)9-13-5-7-18-8-6-13/h13,18H,5-9H2,1-4H3. The SMILES string of the molecule is COc1c(C)c(C)c(Cl)c(C)c1CC1CCNCC1. The molecule has 19 heavy (non-hydrogen) atoms. The number of ether oxygens (including phenoxy) is 1. The van der Waals surface area contributed by atoms with Gasteiger partial charge >= 0.3 is 0 Å². The lowest BCUT2D eigenvalue weighted by atomic mass is 9.87. The summed E-state index contributed by atoms with van der Waals surface area (Å²) in [6.07, 6.45) is 3.57. The molecule has 0 unspecified atom stereocenters. The van der Waals surface area contributed by atoms with Gasteiger partial charge in [0.25, 0.3) is 0 Å². The number of benzene rings is 1. The minimum Gasteiger partial charge on any atom is -0.496 e. The fraction of sp³-hybridized carbons (Fsp3) is 0.625. The molecule has 1 aromatic carbocycles. The Hall–Kier alpha value is -0.730. The average Bonchev–Trinajstić information content (AvgIpc) is 2.44. The van der Waals surface area contributed by atoms with E-state index < -0.39 is 0 Å². The number of piperidine rings is 1. The van der Waals surface area contributed by atoms with Crippen LogP contribution in [0.25, 0.3) is 0 Å². The van der Waals surface area contributed by atoms with Gasteiger partial charge in [0.05, 0.1) is 7.11 Å². The highest BCUT2D eigenvalue weighted by molar-refractivity contribution is 6.32. The summed E-state index contributed by atoms with van der Waals surface area (Å²) in [5.41, 5.74) is 4.83. The highest BCUT2D eigenvalue weighted by Crippen LogP contribution is 2.37. The minimum atomic E-state index is 0.743. The molecule has 0 saturated carbocycles. The molecule has 0 amide bonds. The van der Waals surface area contributed by atoms with Gasteiger partial charge in [-0.2, -0.15) is 0 Å². The van der Waals surface area contributed by atoms with E-state index in [1.165, 1.54) is 29.5 Å². The normalized spacial score (nSPS) is 16.7.